The Hall–Kier alpha value is -0.670. The highest BCUT2D eigenvalue weighted by atomic mass is 35.7. The summed E-state index contributed by atoms with van der Waals surface area (Å²) in [6.07, 6.45) is 0.813. The molecule has 1 N–H and O–H groups in total. The number of sulfonamides is 1. The Morgan fingerprint density at radius 1 is 1.19 bits per heavy atom. The lowest BCUT2D eigenvalue weighted by atomic mass is 10.0. The van der Waals surface area contributed by atoms with Crippen molar-refractivity contribution in [1.82, 2.24) is 4.72 Å². The van der Waals surface area contributed by atoms with E-state index >= 15 is 0 Å². The Labute approximate surface area is 128 Å². The van der Waals surface area contributed by atoms with Crippen LogP contribution in [-0.4, -0.2) is 36.1 Å². The van der Waals surface area contributed by atoms with Gasteiger partial charge in [0.05, 0.1) is 16.4 Å². The molecule has 0 aliphatic carbocycles. The third-order valence-corrected chi connectivity index (χ3v) is 6.37. The monoisotopic (exact) mass is 353 g/mol. The van der Waals surface area contributed by atoms with E-state index in [1.54, 1.807) is 6.92 Å². The van der Waals surface area contributed by atoms with Crippen LogP contribution in [0.5, 0.6) is 0 Å². The molecular formula is C12H16ClNO5S2. The summed E-state index contributed by atoms with van der Waals surface area (Å²) in [4.78, 5) is -0.141. The first kappa shape index (κ1) is 16.7. The molecule has 0 aromatic heterocycles. The first-order valence-electron chi connectivity index (χ1n) is 6.35. The first-order chi connectivity index (χ1) is 9.70. The van der Waals surface area contributed by atoms with Gasteiger partial charge in [-0.2, -0.15) is 0 Å². The zero-order chi connectivity index (χ0) is 15.7. The fourth-order valence-corrected chi connectivity index (χ4v) is 4.22. The zero-order valence-electron chi connectivity index (χ0n) is 11.3. The van der Waals surface area contributed by atoms with E-state index in [-0.39, 0.29) is 21.8 Å². The quantitative estimate of drug-likeness (QED) is 0.806. The summed E-state index contributed by atoms with van der Waals surface area (Å²) in [5, 5.41) is 0. The van der Waals surface area contributed by atoms with Crippen molar-refractivity contribution in [3.63, 3.8) is 0 Å². The van der Waals surface area contributed by atoms with Crippen LogP contribution in [-0.2, 0) is 23.8 Å². The molecule has 1 aliphatic heterocycles. The van der Waals surface area contributed by atoms with Gasteiger partial charge in [-0.05, 0) is 37.6 Å². The minimum absolute atomic E-state index is 0.00247. The van der Waals surface area contributed by atoms with Crippen LogP contribution in [0.15, 0.2) is 34.1 Å². The highest BCUT2D eigenvalue weighted by Crippen LogP contribution is 2.20. The van der Waals surface area contributed by atoms with Gasteiger partial charge in [-0.25, -0.2) is 21.6 Å². The maximum absolute atomic E-state index is 12.2. The van der Waals surface area contributed by atoms with Crippen molar-refractivity contribution < 1.29 is 21.6 Å². The van der Waals surface area contributed by atoms with Crippen molar-refractivity contribution in [2.24, 2.45) is 5.92 Å². The summed E-state index contributed by atoms with van der Waals surface area (Å²) in [7, 11) is -2.37. The number of hydrogen-bond donors (Lipinski definition) is 1. The number of benzene rings is 1. The number of rotatable bonds is 5. The van der Waals surface area contributed by atoms with Gasteiger partial charge in [0, 0.05) is 29.2 Å². The second-order valence-electron chi connectivity index (χ2n) is 4.94. The number of halogens is 1. The molecule has 0 amide bonds. The highest BCUT2D eigenvalue weighted by Gasteiger charge is 2.27. The summed E-state index contributed by atoms with van der Waals surface area (Å²) in [5.74, 6) is 0.141. The molecule has 2 atom stereocenters. The molecule has 6 nitrogen and oxygen atoms in total. The molecule has 1 saturated heterocycles. The molecule has 2 unspecified atom stereocenters. The smallest absolute Gasteiger partial charge is 0.261 e. The lowest BCUT2D eigenvalue weighted by molar-refractivity contribution is 0.180. The fourth-order valence-electron chi connectivity index (χ4n) is 2.14. The standard InChI is InChI=1S/C12H16ClNO5S2/c1-9(10-6-7-19-8-10)14-21(17,18)12-4-2-11(3-5-12)20(13,15)16/h2-5,9-10,14H,6-8H2,1H3. The predicted octanol–water partition coefficient (Wildman–Crippen LogP) is 1.32. The summed E-state index contributed by atoms with van der Waals surface area (Å²) >= 11 is 0. The number of nitrogens with one attached hydrogen (secondary N) is 1. The van der Waals surface area contributed by atoms with Gasteiger partial charge in [-0.1, -0.05) is 0 Å². The van der Waals surface area contributed by atoms with Crippen molar-refractivity contribution >= 4 is 29.8 Å². The lowest BCUT2D eigenvalue weighted by Crippen LogP contribution is -2.38. The van der Waals surface area contributed by atoms with Gasteiger partial charge in [0.25, 0.3) is 9.05 Å². The van der Waals surface area contributed by atoms with E-state index in [0.29, 0.717) is 13.2 Å². The maximum Gasteiger partial charge on any atom is 0.261 e. The molecule has 0 radical (unpaired) electrons. The molecule has 0 spiro atoms. The summed E-state index contributed by atoms with van der Waals surface area (Å²) in [5.41, 5.74) is 0. The van der Waals surface area contributed by atoms with Gasteiger partial charge in [0.1, 0.15) is 0 Å². The molecular weight excluding hydrogens is 338 g/mol. The van der Waals surface area contributed by atoms with Crippen LogP contribution in [0.2, 0.25) is 0 Å². The predicted molar refractivity (Wildman–Crippen MR) is 78.2 cm³/mol. The second-order valence-corrected chi connectivity index (χ2v) is 9.22. The van der Waals surface area contributed by atoms with Gasteiger partial charge >= 0.3 is 0 Å². The Kier molecular flexibility index (Phi) is 4.94. The zero-order valence-corrected chi connectivity index (χ0v) is 13.7. The van der Waals surface area contributed by atoms with Crippen molar-refractivity contribution in [3.05, 3.63) is 24.3 Å². The summed E-state index contributed by atoms with van der Waals surface area (Å²) in [6.45, 7) is 2.96. The maximum atomic E-state index is 12.2. The fraction of sp³-hybridized carbons (Fsp3) is 0.500. The van der Waals surface area contributed by atoms with E-state index < -0.39 is 19.1 Å². The first-order valence-corrected chi connectivity index (χ1v) is 10.1. The average molecular weight is 354 g/mol. The molecule has 1 heterocycles. The molecule has 1 aromatic carbocycles. The largest absolute Gasteiger partial charge is 0.381 e. The van der Waals surface area contributed by atoms with Crippen LogP contribution in [0.4, 0.5) is 0 Å². The molecule has 2 rings (SSSR count). The van der Waals surface area contributed by atoms with Crippen molar-refractivity contribution in [2.75, 3.05) is 13.2 Å². The molecule has 9 heteroatoms. The van der Waals surface area contributed by atoms with Gasteiger partial charge in [0.15, 0.2) is 0 Å². The van der Waals surface area contributed by atoms with Crippen LogP contribution >= 0.6 is 10.7 Å². The SMILES string of the molecule is CC(NS(=O)(=O)c1ccc(S(=O)(=O)Cl)cc1)C1CCOC1. The number of hydrogen-bond acceptors (Lipinski definition) is 5. The van der Waals surface area contributed by atoms with E-state index in [9.17, 15) is 16.8 Å². The van der Waals surface area contributed by atoms with Crippen LogP contribution in [0.1, 0.15) is 13.3 Å². The topological polar surface area (TPSA) is 89.5 Å². The van der Waals surface area contributed by atoms with E-state index in [2.05, 4.69) is 4.72 Å². The normalized spacial score (nSPS) is 21.3. The van der Waals surface area contributed by atoms with Crippen LogP contribution < -0.4 is 4.72 Å². The molecule has 0 saturated carbocycles. The number of ether oxygens (including phenoxy) is 1. The Morgan fingerprint density at radius 2 is 1.76 bits per heavy atom. The Balaban J connectivity index is 2.15. The third kappa shape index (κ3) is 4.17. The van der Waals surface area contributed by atoms with Gasteiger partial charge in [0.2, 0.25) is 10.0 Å². The average Bonchev–Trinajstić information content (AvgIpc) is 2.91. The Bertz CT molecular complexity index is 694. The van der Waals surface area contributed by atoms with Crippen LogP contribution in [0.25, 0.3) is 0 Å². The minimum Gasteiger partial charge on any atom is -0.381 e. The lowest BCUT2D eigenvalue weighted by Gasteiger charge is -2.19. The van der Waals surface area contributed by atoms with E-state index in [0.717, 1.165) is 6.42 Å². The van der Waals surface area contributed by atoms with E-state index in [1.165, 1.54) is 24.3 Å². The van der Waals surface area contributed by atoms with E-state index in [1.807, 2.05) is 0 Å². The van der Waals surface area contributed by atoms with Gasteiger partial charge < -0.3 is 4.74 Å². The van der Waals surface area contributed by atoms with E-state index in [4.69, 9.17) is 15.4 Å². The van der Waals surface area contributed by atoms with Crippen molar-refractivity contribution in [2.45, 2.75) is 29.2 Å². The second kappa shape index (κ2) is 6.21. The molecule has 1 fully saturated rings. The minimum atomic E-state index is -3.86. The van der Waals surface area contributed by atoms with Crippen LogP contribution in [0, 0.1) is 5.92 Å². The van der Waals surface area contributed by atoms with Crippen molar-refractivity contribution in [3.8, 4) is 0 Å². The highest BCUT2D eigenvalue weighted by molar-refractivity contribution is 8.13. The van der Waals surface area contributed by atoms with Gasteiger partial charge in [-0.15, -0.1) is 0 Å². The molecule has 118 valence electrons. The third-order valence-electron chi connectivity index (χ3n) is 3.43. The summed E-state index contributed by atoms with van der Waals surface area (Å²) < 4.78 is 54.5. The molecule has 0 bridgehead atoms. The molecule has 21 heavy (non-hydrogen) atoms. The Morgan fingerprint density at radius 3 is 2.24 bits per heavy atom. The summed E-state index contributed by atoms with van der Waals surface area (Å²) in [6, 6.07) is 4.51. The van der Waals surface area contributed by atoms with Gasteiger partial charge in [-0.3, -0.25) is 0 Å². The van der Waals surface area contributed by atoms with Crippen molar-refractivity contribution in [1.29, 1.82) is 0 Å². The molecule has 1 aromatic rings. The molecule has 1 aliphatic rings. The van der Waals surface area contributed by atoms with Crippen LogP contribution in [0.3, 0.4) is 0 Å².